The number of nitrogens with zero attached hydrogens (tertiary/aromatic N) is 4. The van der Waals surface area contributed by atoms with E-state index in [9.17, 15) is 0 Å². The smallest absolute Gasteiger partial charge is 0.164 e. The van der Waals surface area contributed by atoms with Gasteiger partial charge in [0.1, 0.15) is 0 Å². The van der Waals surface area contributed by atoms with Crippen molar-refractivity contribution in [2.24, 2.45) is 0 Å². The van der Waals surface area contributed by atoms with Gasteiger partial charge in [0.15, 0.2) is 17.5 Å². The van der Waals surface area contributed by atoms with Crippen molar-refractivity contribution in [3.05, 3.63) is 176 Å². The minimum atomic E-state index is 0.611. The third-order valence-corrected chi connectivity index (χ3v) is 9.68. The third kappa shape index (κ3) is 5.34. The highest BCUT2D eigenvalue weighted by Gasteiger charge is 2.18. The summed E-state index contributed by atoms with van der Waals surface area (Å²) in [5.41, 5.74) is 7.00. The standard InChI is InChI=1S/C47H32N4/c1-3-4-15-35-30(2)26-27-48-44(35)31-22-24-32(25-23-31)45-49-46(42-28-33-13-5-7-16-36(33)38-18-9-11-20-40(38)42)51-47(50-45)43-29-34-14-6-8-17-37(34)39-19-10-12-21-41(39)43/h3-29H,1H2,2H3/b15-4-. The van der Waals surface area contributed by atoms with Crippen molar-refractivity contribution in [1.82, 2.24) is 19.9 Å². The quantitative estimate of drug-likeness (QED) is 0.132. The molecule has 0 bridgehead atoms. The highest BCUT2D eigenvalue weighted by atomic mass is 15.0. The van der Waals surface area contributed by atoms with Gasteiger partial charge >= 0.3 is 0 Å². The summed E-state index contributed by atoms with van der Waals surface area (Å²) >= 11 is 0. The van der Waals surface area contributed by atoms with Gasteiger partial charge in [-0.25, -0.2) is 15.0 Å². The SMILES string of the molecule is C=C/C=C\c1c(C)ccnc1-c1ccc(-c2nc(-c3cc4ccccc4c4ccccc34)nc(-c3cc4ccccc4c4ccccc34)n2)cc1. The van der Waals surface area contributed by atoms with Crippen LogP contribution in [0.4, 0.5) is 0 Å². The molecule has 0 fully saturated rings. The second-order valence-corrected chi connectivity index (χ2v) is 12.8. The Morgan fingerprint density at radius 1 is 0.490 bits per heavy atom. The summed E-state index contributed by atoms with van der Waals surface area (Å²) in [6.45, 7) is 5.95. The minimum Gasteiger partial charge on any atom is -0.256 e. The summed E-state index contributed by atoms with van der Waals surface area (Å²) in [6, 6.07) is 48.8. The molecule has 9 aromatic rings. The van der Waals surface area contributed by atoms with Gasteiger partial charge in [-0.3, -0.25) is 4.98 Å². The second-order valence-electron chi connectivity index (χ2n) is 12.8. The zero-order valence-electron chi connectivity index (χ0n) is 28.1. The first-order valence-corrected chi connectivity index (χ1v) is 17.1. The van der Waals surface area contributed by atoms with E-state index in [0.717, 1.165) is 60.6 Å². The minimum absolute atomic E-state index is 0.611. The van der Waals surface area contributed by atoms with E-state index in [1.165, 1.54) is 21.5 Å². The van der Waals surface area contributed by atoms with Crippen molar-refractivity contribution >= 4 is 49.2 Å². The number of hydrogen-bond donors (Lipinski definition) is 0. The van der Waals surface area contributed by atoms with E-state index >= 15 is 0 Å². The molecule has 7 aromatic carbocycles. The van der Waals surface area contributed by atoms with Crippen LogP contribution < -0.4 is 0 Å². The van der Waals surface area contributed by atoms with Gasteiger partial charge < -0.3 is 0 Å². The maximum absolute atomic E-state index is 5.28. The molecule has 0 N–H and O–H groups in total. The molecule has 2 heterocycles. The lowest BCUT2D eigenvalue weighted by Crippen LogP contribution is -2.01. The number of hydrogen-bond acceptors (Lipinski definition) is 4. The van der Waals surface area contributed by atoms with Crippen molar-refractivity contribution in [3.63, 3.8) is 0 Å². The lowest BCUT2D eigenvalue weighted by atomic mass is 9.96. The van der Waals surface area contributed by atoms with E-state index in [1.54, 1.807) is 6.08 Å². The number of fused-ring (bicyclic) bond motifs is 6. The molecule has 0 saturated heterocycles. The van der Waals surface area contributed by atoms with E-state index < -0.39 is 0 Å². The van der Waals surface area contributed by atoms with Crippen molar-refractivity contribution < 1.29 is 0 Å². The molecule has 0 amide bonds. The molecular weight excluding hydrogens is 621 g/mol. The second kappa shape index (κ2) is 12.6. The van der Waals surface area contributed by atoms with Crippen molar-refractivity contribution in [3.8, 4) is 45.4 Å². The summed E-state index contributed by atoms with van der Waals surface area (Å²) in [5.74, 6) is 1.88. The summed E-state index contributed by atoms with van der Waals surface area (Å²) < 4.78 is 0. The Balaban J connectivity index is 1.29. The molecule has 0 atom stereocenters. The number of benzene rings is 7. The molecule has 0 spiro atoms. The largest absolute Gasteiger partial charge is 0.256 e. The predicted molar refractivity (Wildman–Crippen MR) is 213 cm³/mol. The molecule has 51 heavy (non-hydrogen) atoms. The van der Waals surface area contributed by atoms with Crippen LogP contribution in [0.15, 0.2) is 164 Å². The van der Waals surface area contributed by atoms with Gasteiger partial charge in [-0.2, -0.15) is 0 Å². The van der Waals surface area contributed by atoms with Gasteiger partial charge in [0, 0.05) is 34.0 Å². The molecule has 0 aliphatic heterocycles. The summed E-state index contributed by atoms with van der Waals surface area (Å²) in [5, 5.41) is 9.23. The van der Waals surface area contributed by atoms with Crippen LogP contribution in [0.5, 0.6) is 0 Å². The molecule has 0 unspecified atom stereocenters. The van der Waals surface area contributed by atoms with E-state index in [4.69, 9.17) is 19.9 Å². The van der Waals surface area contributed by atoms with Gasteiger partial charge in [-0.1, -0.05) is 146 Å². The molecule has 0 aliphatic carbocycles. The van der Waals surface area contributed by atoms with E-state index in [1.807, 2.05) is 18.3 Å². The molecule has 240 valence electrons. The van der Waals surface area contributed by atoms with Crippen molar-refractivity contribution in [2.75, 3.05) is 0 Å². The van der Waals surface area contributed by atoms with Gasteiger partial charge in [0.25, 0.3) is 0 Å². The topological polar surface area (TPSA) is 51.6 Å². The van der Waals surface area contributed by atoms with Crippen LogP contribution in [0.2, 0.25) is 0 Å². The van der Waals surface area contributed by atoms with Crippen LogP contribution in [-0.4, -0.2) is 19.9 Å². The molecule has 2 aromatic heterocycles. The monoisotopic (exact) mass is 652 g/mol. The average Bonchev–Trinajstić information content (AvgIpc) is 3.19. The lowest BCUT2D eigenvalue weighted by Gasteiger charge is -2.14. The summed E-state index contributed by atoms with van der Waals surface area (Å²) in [4.78, 5) is 20.5. The van der Waals surface area contributed by atoms with Crippen molar-refractivity contribution in [2.45, 2.75) is 6.92 Å². The van der Waals surface area contributed by atoms with Gasteiger partial charge in [0.05, 0.1) is 5.69 Å². The first kappa shape index (κ1) is 30.3. The zero-order valence-corrected chi connectivity index (χ0v) is 28.1. The number of aromatic nitrogens is 4. The van der Waals surface area contributed by atoms with Gasteiger partial charge in [-0.05, 0) is 73.8 Å². The normalized spacial score (nSPS) is 11.6. The Labute approximate surface area is 296 Å². The maximum Gasteiger partial charge on any atom is 0.164 e. The molecule has 4 heteroatoms. The van der Waals surface area contributed by atoms with E-state index in [2.05, 4.69) is 153 Å². The zero-order chi connectivity index (χ0) is 34.3. The molecular formula is C47H32N4. The van der Waals surface area contributed by atoms with Crippen LogP contribution in [0.3, 0.4) is 0 Å². The number of rotatable bonds is 6. The van der Waals surface area contributed by atoms with Crippen LogP contribution in [-0.2, 0) is 0 Å². The van der Waals surface area contributed by atoms with Crippen LogP contribution >= 0.6 is 0 Å². The lowest BCUT2D eigenvalue weighted by molar-refractivity contribution is 1.08. The Hall–Kier alpha value is -6.78. The molecule has 0 radical (unpaired) electrons. The molecule has 0 aliphatic rings. The Morgan fingerprint density at radius 3 is 1.51 bits per heavy atom. The molecule has 9 rings (SSSR count). The third-order valence-electron chi connectivity index (χ3n) is 9.68. The molecule has 0 saturated carbocycles. The fraction of sp³-hybridized carbons (Fsp3) is 0.0213. The van der Waals surface area contributed by atoms with E-state index in [0.29, 0.717) is 17.5 Å². The van der Waals surface area contributed by atoms with Crippen LogP contribution in [0.25, 0.3) is 94.6 Å². The number of allylic oxidation sites excluding steroid dienone is 2. The predicted octanol–water partition coefficient (Wildman–Crippen LogP) is 12.1. The average molecular weight is 653 g/mol. The highest BCUT2D eigenvalue weighted by molar-refractivity contribution is 6.14. The molecule has 4 nitrogen and oxygen atoms in total. The first-order valence-electron chi connectivity index (χ1n) is 17.1. The number of aryl methyl sites for hydroxylation is 1. The summed E-state index contributed by atoms with van der Waals surface area (Å²) in [6.07, 6.45) is 7.65. The summed E-state index contributed by atoms with van der Waals surface area (Å²) in [7, 11) is 0. The number of pyridine rings is 1. The van der Waals surface area contributed by atoms with Gasteiger partial charge in [0.2, 0.25) is 0 Å². The fourth-order valence-electron chi connectivity index (χ4n) is 7.18. The van der Waals surface area contributed by atoms with E-state index in [-0.39, 0.29) is 0 Å². The maximum atomic E-state index is 5.28. The highest BCUT2D eigenvalue weighted by Crippen LogP contribution is 2.38. The Kier molecular flexibility index (Phi) is 7.48. The van der Waals surface area contributed by atoms with Crippen LogP contribution in [0, 0.1) is 6.92 Å². The van der Waals surface area contributed by atoms with Gasteiger partial charge in [-0.15, -0.1) is 0 Å². The Bertz CT molecular complexity index is 2700. The fourth-order valence-corrected chi connectivity index (χ4v) is 7.18. The Morgan fingerprint density at radius 2 is 0.961 bits per heavy atom. The first-order chi connectivity index (χ1) is 25.2. The van der Waals surface area contributed by atoms with Crippen molar-refractivity contribution in [1.29, 1.82) is 0 Å². The van der Waals surface area contributed by atoms with Crippen LogP contribution in [0.1, 0.15) is 11.1 Å².